The summed E-state index contributed by atoms with van der Waals surface area (Å²) in [5, 5.41) is 6.20. The molecule has 0 radical (unpaired) electrons. The molecule has 2 heterocycles. The lowest BCUT2D eigenvalue weighted by Crippen LogP contribution is -2.78. The normalized spacial score (nSPS) is 33.5. The minimum absolute atomic E-state index is 0.140. The maximum atomic E-state index is 11.7. The number of hydrogen-bond donors (Lipinski definition) is 2. The lowest BCUT2D eigenvalue weighted by atomic mass is 9.98. The minimum atomic E-state index is -1.12. The summed E-state index contributed by atoms with van der Waals surface area (Å²) in [5.74, 6) is -0.281. The van der Waals surface area contributed by atoms with Crippen molar-refractivity contribution in [1.29, 1.82) is 0 Å². The lowest BCUT2D eigenvalue weighted by Gasteiger charge is -2.51. The van der Waals surface area contributed by atoms with E-state index in [-0.39, 0.29) is 11.6 Å². The number of fused-ring (bicyclic) bond motifs is 2. The second-order valence-electron chi connectivity index (χ2n) is 4.08. The van der Waals surface area contributed by atoms with Gasteiger partial charge in [-0.05, 0) is 13.8 Å². The Morgan fingerprint density at radius 3 is 2.40 bits per heavy atom. The molecule has 2 unspecified atom stereocenters. The number of carbonyl (C=O) groups is 2. The van der Waals surface area contributed by atoms with E-state index in [4.69, 9.17) is 0 Å². The molecule has 0 aromatic heterocycles. The van der Waals surface area contributed by atoms with Gasteiger partial charge in [-0.1, -0.05) is 0 Å². The van der Waals surface area contributed by atoms with E-state index in [9.17, 15) is 9.59 Å². The molecule has 2 bridgehead atoms. The Labute approximate surface area is 88.6 Å². The standard InChI is InChI=1S/C9H16N4O2/c1-7(14)9(8(2)15)11-5-12-3-10-4-13(9)6-12/h10-11H,3-6H2,1-2H3. The molecule has 2 atom stereocenters. The summed E-state index contributed by atoms with van der Waals surface area (Å²) in [6.07, 6.45) is 0. The third-order valence-corrected chi connectivity index (χ3v) is 3.06. The van der Waals surface area contributed by atoms with E-state index in [0.29, 0.717) is 20.0 Å². The highest BCUT2D eigenvalue weighted by Crippen LogP contribution is 2.20. The first-order valence-electron chi connectivity index (χ1n) is 5.02. The number of nitrogens with one attached hydrogen (secondary N) is 2. The summed E-state index contributed by atoms with van der Waals surface area (Å²) in [6.45, 7) is 5.47. The van der Waals surface area contributed by atoms with E-state index in [2.05, 4.69) is 15.5 Å². The Morgan fingerprint density at radius 2 is 1.80 bits per heavy atom. The molecule has 0 aromatic rings. The maximum Gasteiger partial charge on any atom is 0.194 e. The third kappa shape index (κ3) is 1.50. The van der Waals surface area contributed by atoms with Crippen molar-refractivity contribution in [1.82, 2.24) is 20.4 Å². The first-order chi connectivity index (χ1) is 7.07. The van der Waals surface area contributed by atoms with Crippen LogP contribution in [-0.4, -0.2) is 53.7 Å². The van der Waals surface area contributed by atoms with Gasteiger partial charge in [0.1, 0.15) is 0 Å². The largest absolute Gasteiger partial charge is 0.296 e. The Hall–Kier alpha value is -0.820. The van der Waals surface area contributed by atoms with Crippen LogP contribution in [0.4, 0.5) is 0 Å². The molecule has 6 heteroatoms. The molecule has 0 spiro atoms. The van der Waals surface area contributed by atoms with Crippen molar-refractivity contribution in [2.24, 2.45) is 0 Å². The lowest BCUT2D eigenvalue weighted by molar-refractivity contribution is -0.158. The molecule has 2 saturated heterocycles. The maximum absolute atomic E-state index is 11.7. The Balaban J connectivity index is 2.31. The average molecular weight is 212 g/mol. The summed E-state index contributed by atoms with van der Waals surface area (Å²) in [7, 11) is 0. The molecule has 84 valence electrons. The fourth-order valence-electron chi connectivity index (χ4n) is 2.30. The van der Waals surface area contributed by atoms with E-state index in [0.717, 1.165) is 6.67 Å². The van der Waals surface area contributed by atoms with Gasteiger partial charge >= 0.3 is 0 Å². The molecule has 0 amide bonds. The molecule has 0 aliphatic carbocycles. The van der Waals surface area contributed by atoms with Crippen molar-refractivity contribution in [3.63, 3.8) is 0 Å². The number of Topliss-reactive ketones (excluding diaryl/α,β-unsaturated/α-hetero) is 2. The molecule has 2 aliphatic rings. The van der Waals surface area contributed by atoms with Crippen molar-refractivity contribution in [2.75, 3.05) is 26.7 Å². The van der Waals surface area contributed by atoms with Crippen LogP contribution in [0.1, 0.15) is 13.8 Å². The second kappa shape index (κ2) is 3.64. The predicted octanol–water partition coefficient (Wildman–Crippen LogP) is -1.50. The van der Waals surface area contributed by atoms with Crippen molar-refractivity contribution in [3.05, 3.63) is 0 Å². The topological polar surface area (TPSA) is 64.7 Å². The van der Waals surface area contributed by atoms with Crippen LogP contribution in [0.3, 0.4) is 0 Å². The van der Waals surface area contributed by atoms with Gasteiger partial charge < -0.3 is 0 Å². The smallest absolute Gasteiger partial charge is 0.194 e. The van der Waals surface area contributed by atoms with E-state index in [1.165, 1.54) is 13.8 Å². The highest BCUT2D eigenvalue weighted by molar-refractivity contribution is 6.09. The summed E-state index contributed by atoms with van der Waals surface area (Å²) >= 11 is 0. The van der Waals surface area contributed by atoms with Crippen LogP contribution in [0.15, 0.2) is 0 Å². The number of nitrogens with zero attached hydrogens (tertiary/aromatic N) is 2. The van der Waals surface area contributed by atoms with E-state index >= 15 is 0 Å². The zero-order valence-corrected chi connectivity index (χ0v) is 9.04. The Bertz CT molecular complexity index is 290. The minimum Gasteiger partial charge on any atom is -0.296 e. The molecule has 2 fully saturated rings. The summed E-state index contributed by atoms with van der Waals surface area (Å²) < 4.78 is 0. The number of ketones is 2. The Morgan fingerprint density at radius 1 is 1.13 bits per heavy atom. The highest BCUT2D eigenvalue weighted by Gasteiger charge is 2.49. The fraction of sp³-hybridized carbons (Fsp3) is 0.778. The van der Waals surface area contributed by atoms with Crippen LogP contribution in [0.5, 0.6) is 0 Å². The molecule has 15 heavy (non-hydrogen) atoms. The van der Waals surface area contributed by atoms with Crippen LogP contribution in [0, 0.1) is 0 Å². The van der Waals surface area contributed by atoms with Gasteiger partial charge in [-0.2, -0.15) is 0 Å². The first-order valence-corrected chi connectivity index (χ1v) is 5.02. The van der Waals surface area contributed by atoms with Gasteiger partial charge in [-0.3, -0.25) is 25.1 Å². The molecule has 2 aliphatic heterocycles. The first kappa shape index (κ1) is 10.7. The summed E-state index contributed by atoms with van der Waals surface area (Å²) in [6, 6.07) is 0. The van der Waals surface area contributed by atoms with Crippen LogP contribution in [0.25, 0.3) is 0 Å². The van der Waals surface area contributed by atoms with Gasteiger partial charge in [0.15, 0.2) is 17.2 Å². The van der Waals surface area contributed by atoms with Gasteiger partial charge in [0.25, 0.3) is 0 Å². The van der Waals surface area contributed by atoms with Gasteiger partial charge in [-0.15, -0.1) is 0 Å². The summed E-state index contributed by atoms with van der Waals surface area (Å²) in [4.78, 5) is 27.3. The van der Waals surface area contributed by atoms with Gasteiger partial charge in [0.05, 0.1) is 26.7 Å². The quantitative estimate of drug-likeness (QED) is 0.543. The highest BCUT2D eigenvalue weighted by atomic mass is 16.2. The monoisotopic (exact) mass is 212 g/mol. The van der Waals surface area contributed by atoms with Gasteiger partial charge in [0.2, 0.25) is 0 Å². The van der Waals surface area contributed by atoms with Crippen LogP contribution >= 0.6 is 0 Å². The van der Waals surface area contributed by atoms with E-state index in [1.807, 2.05) is 4.90 Å². The molecule has 2 rings (SSSR count). The summed E-state index contributed by atoms with van der Waals surface area (Å²) in [5.41, 5.74) is -1.12. The van der Waals surface area contributed by atoms with Crippen molar-refractivity contribution in [2.45, 2.75) is 19.5 Å². The molecular formula is C9H16N4O2. The third-order valence-electron chi connectivity index (χ3n) is 3.06. The van der Waals surface area contributed by atoms with Gasteiger partial charge in [0, 0.05) is 0 Å². The molecule has 6 nitrogen and oxygen atoms in total. The predicted molar refractivity (Wildman–Crippen MR) is 53.5 cm³/mol. The van der Waals surface area contributed by atoms with Crippen molar-refractivity contribution < 1.29 is 9.59 Å². The number of carbonyl (C=O) groups excluding carboxylic acids is 2. The fourth-order valence-corrected chi connectivity index (χ4v) is 2.30. The van der Waals surface area contributed by atoms with E-state index in [1.54, 1.807) is 0 Å². The van der Waals surface area contributed by atoms with Crippen LogP contribution in [-0.2, 0) is 9.59 Å². The molecule has 0 saturated carbocycles. The molecular weight excluding hydrogens is 196 g/mol. The zero-order valence-electron chi connectivity index (χ0n) is 9.04. The average Bonchev–Trinajstić information content (AvgIpc) is 2.17. The molecule has 2 N–H and O–H groups in total. The van der Waals surface area contributed by atoms with Crippen molar-refractivity contribution in [3.8, 4) is 0 Å². The van der Waals surface area contributed by atoms with Gasteiger partial charge in [-0.25, -0.2) is 4.90 Å². The second-order valence-corrected chi connectivity index (χ2v) is 4.08. The zero-order chi connectivity index (χ0) is 11.1. The number of hydrogen-bond acceptors (Lipinski definition) is 6. The van der Waals surface area contributed by atoms with E-state index < -0.39 is 5.66 Å². The van der Waals surface area contributed by atoms with Crippen LogP contribution < -0.4 is 10.6 Å². The molecule has 0 aromatic carbocycles. The van der Waals surface area contributed by atoms with Crippen LogP contribution in [0.2, 0.25) is 0 Å². The van der Waals surface area contributed by atoms with Crippen molar-refractivity contribution >= 4 is 11.6 Å². The SMILES string of the molecule is CC(=O)C1(C(C)=O)NCN2CNCN1C2. The number of rotatable bonds is 2. The Kier molecular flexibility index (Phi) is 2.59.